The van der Waals surface area contributed by atoms with Crippen molar-refractivity contribution in [1.82, 2.24) is 9.47 Å². The normalized spacial score (nSPS) is 14.4. The third-order valence-corrected chi connectivity index (χ3v) is 6.47. The molecule has 0 bridgehead atoms. The van der Waals surface area contributed by atoms with Crippen LogP contribution in [0.4, 0.5) is 14.5 Å². The maximum absolute atomic E-state index is 14.4. The molecular weight excluding hydrogens is 460 g/mol. The smallest absolute Gasteiger partial charge is 0.257 e. The molecule has 0 fully saturated rings. The second-order valence-electron chi connectivity index (χ2n) is 9.02. The summed E-state index contributed by atoms with van der Waals surface area (Å²) in [6.45, 7) is 3.33. The van der Waals surface area contributed by atoms with Gasteiger partial charge in [0.15, 0.2) is 0 Å². The number of aromatic nitrogens is 1. The number of anilines is 1. The zero-order valence-corrected chi connectivity index (χ0v) is 19.9. The van der Waals surface area contributed by atoms with Crippen molar-refractivity contribution in [1.29, 1.82) is 0 Å². The van der Waals surface area contributed by atoms with E-state index in [4.69, 9.17) is 0 Å². The number of benzene rings is 3. The van der Waals surface area contributed by atoms with Gasteiger partial charge in [-0.2, -0.15) is 0 Å². The Hall–Kier alpha value is -4.26. The van der Waals surface area contributed by atoms with Crippen LogP contribution in [0, 0.1) is 11.6 Å². The predicted octanol–water partition coefficient (Wildman–Crippen LogP) is 5.74. The maximum Gasteiger partial charge on any atom is 0.257 e. The van der Waals surface area contributed by atoms with E-state index < -0.39 is 17.8 Å². The van der Waals surface area contributed by atoms with Gasteiger partial charge in [0.25, 0.3) is 5.91 Å². The monoisotopic (exact) mass is 485 g/mol. The quantitative estimate of drug-likeness (QED) is 0.362. The van der Waals surface area contributed by atoms with Gasteiger partial charge in [0.05, 0.1) is 22.6 Å². The lowest BCUT2D eigenvalue weighted by Gasteiger charge is -2.40. The van der Waals surface area contributed by atoms with E-state index in [2.05, 4.69) is 0 Å². The highest BCUT2D eigenvalue weighted by atomic mass is 19.1. The number of carbonyl (C=O) groups excluding carboxylic acids is 2. The van der Waals surface area contributed by atoms with Crippen molar-refractivity contribution in [2.45, 2.75) is 25.9 Å². The molecule has 5 nitrogen and oxygen atoms in total. The Morgan fingerprint density at radius 2 is 1.53 bits per heavy atom. The highest BCUT2D eigenvalue weighted by molar-refractivity contribution is 6.02. The van der Waals surface area contributed by atoms with E-state index in [0.29, 0.717) is 5.69 Å². The van der Waals surface area contributed by atoms with Gasteiger partial charge in [0.1, 0.15) is 24.2 Å². The largest absolute Gasteiger partial charge is 0.327 e. The van der Waals surface area contributed by atoms with Crippen LogP contribution in [0.15, 0.2) is 91.1 Å². The Morgan fingerprint density at radius 3 is 2.22 bits per heavy atom. The molecule has 182 valence electrons. The summed E-state index contributed by atoms with van der Waals surface area (Å²) in [5, 5.41) is 0. The van der Waals surface area contributed by atoms with E-state index in [-0.39, 0.29) is 29.9 Å². The molecule has 2 amide bonds. The number of hydrogen-bond acceptors (Lipinski definition) is 2. The van der Waals surface area contributed by atoms with Gasteiger partial charge in [0, 0.05) is 12.2 Å². The first-order valence-corrected chi connectivity index (χ1v) is 11.8. The van der Waals surface area contributed by atoms with Crippen LogP contribution in [0.5, 0.6) is 0 Å². The second-order valence-corrected chi connectivity index (χ2v) is 9.02. The molecule has 1 aliphatic heterocycles. The summed E-state index contributed by atoms with van der Waals surface area (Å²) >= 11 is 0. The van der Waals surface area contributed by atoms with E-state index >= 15 is 0 Å². The Morgan fingerprint density at radius 1 is 0.861 bits per heavy atom. The average Bonchev–Trinajstić information content (AvgIpc) is 3.37. The first-order valence-electron chi connectivity index (χ1n) is 11.8. The van der Waals surface area contributed by atoms with Crippen molar-refractivity contribution in [2.24, 2.45) is 0 Å². The van der Waals surface area contributed by atoms with Crippen LogP contribution in [0.1, 0.15) is 41.5 Å². The number of amides is 2. The summed E-state index contributed by atoms with van der Waals surface area (Å²) in [6, 6.07) is 22.3. The molecule has 36 heavy (non-hydrogen) atoms. The predicted molar refractivity (Wildman–Crippen MR) is 134 cm³/mol. The first-order chi connectivity index (χ1) is 17.4. The van der Waals surface area contributed by atoms with Gasteiger partial charge in [0.2, 0.25) is 5.91 Å². The van der Waals surface area contributed by atoms with E-state index in [0.717, 1.165) is 16.9 Å². The summed E-state index contributed by atoms with van der Waals surface area (Å²) in [6.07, 6.45) is 1.93. The molecular formula is C29H25F2N3O2. The van der Waals surface area contributed by atoms with Crippen LogP contribution in [-0.2, 0) is 4.79 Å². The zero-order valence-electron chi connectivity index (χ0n) is 19.9. The third-order valence-electron chi connectivity index (χ3n) is 6.47. The lowest BCUT2D eigenvalue weighted by atomic mass is 9.97. The fourth-order valence-corrected chi connectivity index (χ4v) is 4.72. The molecule has 5 rings (SSSR count). The SMILES string of the molecule is CC(C)N(CC(=O)N1c2ccccc2-n2cccc2C1c1ccc(F)cc1)C(=O)c1ccccc1F. The average molecular weight is 486 g/mol. The standard InChI is InChI=1S/C29H25F2N3O2/c1-19(2)33(29(36)22-8-3-4-9-23(22)31)18-27(35)34-25-11-6-5-10-24(25)32-17-7-12-26(32)28(34)20-13-15-21(30)16-14-20/h3-17,19,28H,18H2,1-2H3. The Bertz CT molecular complexity index is 1430. The molecule has 0 saturated heterocycles. The van der Waals surface area contributed by atoms with Crippen LogP contribution < -0.4 is 4.90 Å². The number of rotatable bonds is 5. The van der Waals surface area contributed by atoms with E-state index in [1.807, 2.05) is 47.2 Å². The van der Waals surface area contributed by atoms with Crippen LogP contribution in [0.25, 0.3) is 5.69 Å². The van der Waals surface area contributed by atoms with Crippen molar-refractivity contribution in [3.8, 4) is 5.69 Å². The Kier molecular flexibility index (Phi) is 6.14. The molecule has 4 aromatic rings. The van der Waals surface area contributed by atoms with E-state index in [9.17, 15) is 18.4 Å². The van der Waals surface area contributed by atoms with Gasteiger partial charge < -0.3 is 9.47 Å². The fourth-order valence-electron chi connectivity index (χ4n) is 4.72. The molecule has 7 heteroatoms. The molecule has 0 aliphatic carbocycles. The van der Waals surface area contributed by atoms with Gasteiger partial charge in [-0.05, 0) is 67.9 Å². The number of hydrogen-bond donors (Lipinski definition) is 0. The molecule has 1 aliphatic rings. The molecule has 1 atom stereocenters. The molecule has 0 spiro atoms. The second kappa shape index (κ2) is 9.41. The lowest BCUT2D eigenvalue weighted by molar-refractivity contribution is -0.120. The minimum absolute atomic E-state index is 0.0815. The molecule has 0 radical (unpaired) electrons. The Balaban J connectivity index is 1.58. The van der Waals surface area contributed by atoms with E-state index in [1.165, 1.54) is 35.2 Å². The van der Waals surface area contributed by atoms with Crippen molar-refractivity contribution < 1.29 is 18.4 Å². The first kappa shape index (κ1) is 23.5. The third kappa shape index (κ3) is 4.06. The summed E-state index contributed by atoms with van der Waals surface area (Å²) in [7, 11) is 0. The number of para-hydroxylation sites is 2. The molecule has 3 aromatic carbocycles. The number of halogens is 2. The topological polar surface area (TPSA) is 45.6 Å². The summed E-state index contributed by atoms with van der Waals surface area (Å²) < 4.78 is 30.2. The van der Waals surface area contributed by atoms with Crippen molar-refractivity contribution >= 4 is 17.5 Å². The highest BCUT2D eigenvalue weighted by Gasteiger charge is 2.37. The summed E-state index contributed by atoms with van der Waals surface area (Å²) in [5.41, 5.74) is 2.98. The minimum Gasteiger partial charge on any atom is -0.327 e. The van der Waals surface area contributed by atoms with Gasteiger partial charge in [-0.15, -0.1) is 0 Å². The van der Waals surface area contributed by atoms with Crippen LogP contribution in [0.3, 0.4) is 0 Å². The highest BCUT2D eigenvalue weighted by Crippen LogP contribution is 2.42. The van der Waals surface area contributed by atoms with Crippen molar-refractivity contribution in [2.75, 3.05) is 11.4 Å². The fraction of sp³-hybridized carbons (Fsp3) is 0.172. The zero-order chi connectivity index (χ0) is 25.4. The molecule has 2 heterocycles. The molecule has 1 unspecified atom stereocenters. The summed E-state index contributed by atoms with van der Waals surface area (Å²) in [4.78, 5) is 30.3. The van der Waals surface area contributed by atoms with Crippen LogP contribution in [0.2, 0.25) is 0 Å². The molecule has 1 aromatic heterocycles. The molecule has 0 saturated carbocycles. The van der Waals surface area contributed by atoms with Gasteiger partial charge >= 0.3 is 0 Å². The van der Waals surface area contributed by atoms with Gasteiger partial charge in [-0.3, -0.25) is 14.5 Å². The summed E-state index contributed by atoms with van der Waals surface area (Å²) in [5.74, 6) is -1.89. The minimum atomic E-state index is -0.633. The lowest BCUT2D eigenvalue weighted by Crippen LogP contribution is -2.48. The van der Waals surface area contributed by atoms with Gasteiger partial charge in [-0.25, -0.2) is 8.78 Å². The number of nitrogens with zero attached hydrogens (tertiary/aromatic N) is 3. The number of carbonyl (C=O) groups is 2. The van der Waals surface area contributed by atoms with Crippen LogP contribution >= 0.6 is 0 Å². The Labute approximate surface area is 208 Å². The van der Waals surface area contributed by atoms with Crippen molar-refractivity contribution in [3.63, 3.8) is 0 Å². The van der Waals surface area contributed by atoms with Gasteiger partial charge in [-0.1, -0.05) is 36.4 Å². The number of fused-ring (bicyclic) bond motifs is 3. The van der Waals surface area contributed by atoms with Crippen LogP contribution in [-0.4, -0.2) is 33.9 Å². The van der Waals surface area contributed by atoms with Crippen molar-refractivity contribution in [3.05, 3.63) is 120 Å². The van der Waals surface area contributed by atoms with E-state index in [1.54, 1.807) is 36.9 Å². The maximum atomic E-state index is 14.4. The molecule has 0 N–H and O–H groups in total.